The Hall–Kier alpha value is -0.650. The van der Waals surface area contributed by atoms with Crippen molar-refractivity contribution in [3.05, 3.63) is 0 Å². The fourth-order valence-electron chi connectivity index (χ4n) is 3.02. The third kappa shape index (κ3) is 4.16. The largest absolute Gasteiger partial charge is 0.377 e. The number of piperidine rings is 1. The van der Waals surface area contributed by atoms with Crippen LogP contribution in [0.4, 0.5) is 0 Å². The minimum absolute atomic E-state index is 0.206. The Balaban J connectivity index is 1.83. The van der Waals surface area contributed by atoms with Crippen molar-refractivity contribution in [2.45, 2.75) is 25.3 Å². The highest BCUT2D eigenvalue weighted by Crippen LogP contribution is 2.21. The summed E-state index contributed by atoms with van der Waals surface area (Å²) >= 11 is 0. The van der Waals surface area contributed by atoms with Crippen molar-refractivity contribution in [1.82, 2.24) is 15.1 Å². The Morgan fingerprint density at radius 2 is 2.05 bits per heavy atom. The van der Waals surface area contributed by atoms with Gasteiger partial charge in [0.15, 0.2) is 0 Å². The van der Waals surface area contributed by atoms with E-state index in [1.165, 1.54) is 0 Å². The van der Waals surface area contributed by atoms with Crippen LogP contribution in [0.1, 0.15) is 19.3 Å². The summed E-state index contributed by atoms with van der Waals surface area (Å²) in [5.41, 5.74) is 0. The molecule has 0 aromatic carbocycles. The Bertz CT molecular complexity index is 288. The highest BCUT2D eigenvalue weighted by molar-refractivity contribution is 5.77. The molecule has 2 aliphatic heterocycles. The van der Waals surface area contributed by atoms with Crippen LogP contribution < -0.4 is 5.32 Å². The van der Waals surface area contributed by atoms with Crippen molar-refractivity contribution in [2.24, 2.45) is 5.92 Å². The smallest absolute Gasteiger partial charge is 0.223 e. The number of carbonyl (C=O) groups excluding carboxylic acids is 1. The van der Waals surface area contributed by atoms with Crippen LogP contribution in [0.2, 0.25) is 0 Å². The minimum atomic E-state index is 0.206. The summed E-state index contributed by atoms with van der Waals surface area (Å²) in [6.07, 6.45) is 3.03. The molecule has 0 bridgehead atoms. The van der Waals surface area contributed by atoms with Gasteiger partial charge in [-0.2, -0.15) is 0 Å². The van der Waals surface area contributed by atoms with E-state index in [1.54, 1.807) is 0 Å². The zero-order valence-corrected chi connectivity index (χ0v) is 12.2. The van der Waals surface area contributed by atoms with Crippen molar-refractivity contribution in [3.8, 4) is 0 Å². The molecule has 5 nitrogen and oxygen atoms in total. The maximum atomic E-state index is 12.5. The first-order valence-corrected chi connectivity index (χ1v) is 7.41. The van der Waals surface area contributed by atoms with E-state index in [9.17, 15) is 4.79 Å². The number of likely N-dealkylation sites (tertiary alicyclic amines) is 1. The zero-order valence-electron chi connectivity index (χ0n) is 12.2. The molecule has 5 heteroatoms. The fraction of sp³-hybridized carbons (Fsp3) is 0.929. The van der Waals surface area contributed by atoms with Crippen LogP contribution in [0.25, 0.3) is 0 Å². The van der Waals surface area contributed by atoms with Gasteiger partial charge in [-0.15, -0.1) is 0 Å². The SMILES string of the molecule is CNCC1COCCN1C(=O)CC1CCN(C)CC1. The first kappa shape index (κ1) is 14.8. The van der Waals surface area contributed by atoms with Gasteiger partial charge in [-0.1, -0.05) is 0 Å². The molecule has 1 unspecified atom stereocenters. The molecular weight excluding hydrogens is 242 g/mol. The number of rotatable bonds is 4. The molecule has 1 amide bonds. The maximum Gasteiger partial charge on any atom is 0.223 e. The maximum absolute atomic E-state index is 12.5. The molecule has 19 heavy (non-hydrogen) atoms. The molecule has 1 atom stereocenters. The van der Waals surface area contributed by atoms with Crippen LogP contribution in [0, 0.1) is 5.92 Å². The minimum Gasteiger partial charge on any atom is -0.377 e. The van der Waals surface area contributed by atoms with Crippen molar-refractivity contribution < 1.29 is 9.53 Å². The molecule has 2 saturated heterocycles. The van der Waals surface area contributed by atoms with E-state index in [1.807, 2.05) is 11.9 Å². The number of ether oxygens (including phenoxy) is 1. The molecule has 0 spiro atoms. The topological polar surface area (TPSA) is 44.8 Å². The lowest BCUT2D eigenvalue weighted by Gasteiger charge is -2.37. The summed E-state index contributed by atoms with van der Waals surface area (Å²) < 4.78 is 5.48. The van der Waals surface area contributed by atoms with Crippen LogP contribution in [-0.2, 0) is 9.53 Å². The summed E-state index contributed by atoms with van der Waals surface area (Å²) in [6.45, 7) is 5.16. The summed E-state index contributed by atoms with van der Waals surface area (Å²) in [5.74, 6) is 0.889. The lowest BCUT2D eigenvalue weighted by Crippen LogP contribution is -2.53. The van der Waals surface area contributed by atoms with E-state index >= 15 is 0 Å². The van der Waals surface area contributed by atoms with E-state index in [4.69, 9.17) is 4.74 Å². The predicted molar refractivity (Wildman–Crippen MR) is 75.1 cm³/mol. The molecule has 0 aromatic rings. The van der Waals surface area contributed by atoms with E-state index in [2.05, 4.69) is 17.3 Å². The second-order valence-corrected chi connectivity index (χ2v) is 5.82. The van der Waals surface area contributed by atoms with Crippen LogP contribution >= 0.6 is 0 Å². The molecule has 110 valence electrons. The van der Waals surface area contributed by atoms with Gasteiger partial charge in [-0.05, 0) is 45.9 Å². The van der Waals surface area contributed by atoms with Crippen LogP contribution in [-0.4, -0.2) is 75.2 Å². The van der Waals surface area contributed by atoms with Gasteiger partial charge in [0.1, 0.15) is 0 Å². The van der Waals surface area contributed by atoms with E-state index in [0.29, 0.717) is 31.5 Å². The lowest BCUT2D eigenvalue weighted by atomic mass is 9.93. The number of carbonyl (C=O) groups is 1. The van der Waals surface area contributed by atoms with Crippen LogP contribution in [0.15, 0.2) is 0 Å². The van der Waals surface area contributed by atoms with E-state index in [-0.39, 0.29) is 6.04 Å². The highest BCUT2D eigenvalue weighted by atomic mass is 16.5. The summed E-state index contributed by atoms with van der Waals surface area (Å²) in [4.78, 5) is 16.8. The second-order valence-electron chi connectivity index (χ2n) is 5.82. The molecular formula is C14H27N3O2. The van der Waals surface area contributed by atoms with Crippen molar-refractivity contribution in [1.29, 1.82) is 0 Å². The van der Waals surface area contributed by atoms with Crippen molar-refractivity contribution in [3.63, 3.8) is 0 Å². The van der Waals surface area contributed by atoms with Gasteiger partial charge in [0, 0.05) is 19.5 Å². The number of morpholine rings is 1. The van der Waals surface area contributed by atoms with E-state index in [0.717, 1.165) is 39.0 Å². The lowest BCUT2D eigenvalue weighted by molar-refractivity contribution is -0.141. The quantitative estimate of drug-likeness (QED) is 0.790. The predicted octanol–water partition coefficient (Wildman–Crippen LogP) is 0.165. The Kier molecular flexibility index (Phi) is 5.60. The van der Waals surface area contributed by atoms with Gasteiger partial charge >= 0.3 is 0 Å². The molecule has 0 radical (unpaired) electrons. The second kappa shape index (κ2) is 7.22. The third-order valence-corrected chi connectivity index (χ3v) is 4.29. The van der Waals surface area contributed by atoms with Crippen molar-refractivity contribution in [2.75, 3.05) is 53.5 Å². The molecule has 0 aliphatic carbocycles. The van der Waals surface area contributed by atoms with Gasteiger partial charge in [0.25, 0.3) is 0 Å². The van der Waals surface area contributed by atoms with Gasteiger partial charge in [-0.25, -0.2) is 0 Å². The molecule has 2 fully saturated rings. The molecule has 0 saturated carbocycles. The van der Waals surface area contributed by atoms with Crippen LogP contribution in [0.3, 0.4) is 0 Å². The average Bonchev–Trinajstić information content (AvgIpc) is 2.42. The molecule has 1 N–H and O–H groups in total. The van der Waals surface area contributed by atoms with Gasteiger partial charge in [0.2, 0.25) is 5.91 Å². The Morgan fingerprint density at radius 1 is 1.32 bits per heavy atom. The van der Waals surface area contributed by atoms with Crippen molar-refractivity contribution >= 4 is 5.91 Å². The molecule has 2 heterocycles. The third-order valence-electron chi connectivity index (χ3n) is 4.29. The monoisotopic (exact) mass is 269 g/mol. The zero-order chi connectivity index (χ0) is 13.7. The van der Waals surface area contributed by atoms with Gasteiger partial charge in [0.05, 0.1) is 19.3 Å². The molecule has 0 aromatic heterocycles. The fourth-order valence-corrected chi connectivity index (χ4v) is 3.02. The summed E-state index contributed by atoms with van der Waals surface area (Å²) in [7, 11) is 4.08. The number of nitrogens with zero attached hydrogens (tertiary/aromatic N) is 2. The molecule has 2 rings (SSSR count). The summed E-state index contributed by atoms with van der Waals surface area (Å²) in [5, 5.41) is 3.15. The van der Waals surface area contributed by atoms with E-state index < -0.39 is 0 Å². The standard InChI is InChI=1S/C14H27N3O2/c1-15-10-13-11-19-8-7-17(13)14(18)9-12-3-5-16(2)6-4-12/h12-13,15H,3-11H2,1-2H3. The number of nitrogens with one attached hydrogen (secondary N) is 1. The first-order chi connectivity index (χ1) is 9.20. The molecule has 2 aliphatic rings. The number of amides is 1. The van der Waals surface area contributed by atoms with Crippen LogP contribution in [0.5, 0.6) is 0 Å². The number of likely N-dealkylation sites (N-methyl/N-ethyl adjacent to an activating group) is 1. The first-order valence-electron chi connectivity index (χ1n) is 7.41. The van der Waals surface area contributed by atoms with Gasteiger partial charge < -0.3 is 19.9 Å². The normalized spacial score (nSPS) is 26.6. The number of hydrogen-bond acceptors (Lipinski definition) is 4. The average molecular weight is 269 g/mol. The Labute approximate surface area is 116 Å². The Morgan fingerprint density at radius 3 is 2.74 bits per heavy atom. The number of hydrogen-bond donors (Lipinski definition) is 1. The summed E-state index contributed by atoms with van der Waals surface area (Å²) in [6, 6.07) is 0.206. The van der Waals surface area contributed by atoms with Gasteiger partial charge in [-0.3, -0.25) is 4.79 Å². The highest BCUT2D eigenvalue weighted by Gasteiger charge is 2.29.